The minimum atomic E-state index is -1.27. The van der Waals surface area contributed by atoms with Crippen LogP contribution in [-0.4, -0.2) is 49.4 Å². The molecule has 1 aromatic heterocycles. The topological polar surface area (TPSA) is 107 Å². The number of nitrogens with zero attached hydrogens (tertiary/aromatic N) is 1. The van der Waals surface area contributed by atoms with E-state index in [0.717, 1.165) is 17.5 Å². The summed E-state index contributed by atoms with van der Waals surface area (Å²) in [6.07, 6.45) is 2.86. The number of carbonyl (C=O) groups is 2. The standard InChI is InChI=1S/C26H26Cl2N2O6S/c1-4-9-36-10-8-15-6-5-7-17(23(15)35-3)21-14-37-26(29-21)30-24(31)16-11-19(27)18(20(28)12-16)13-22(34-2)25(32)33/h5-7,11-14H,4,8-10H2,1-3H3,(H,32,33)(H,29,30,31)/b22-13+. The Hall–Kier alpha value is -3.11. The number of ether oxygens (including phenoxy) is 3. The van der Waals surface area contributed by atoms with Gasteiger partial charge in [-0.1, -0.05) is 42.3 Å². The van der Waals surface area contributed by atoms with E-state index in [1.807, 2.05) is 23.6 Å². The van der Waals surface area contributed by atoms with Gasteiger partial charge in [0.2, 0.25) is 5.76 Å². The number of benzene rings is 2. The summed E-state index contributed by atoms with van der Waals surface area (Å²) in [5.74, 6) is -1.38. The summed E-state index contributed by atoms with van der Waals surface area (Å²) in [6, 6.07) is 8.62. The Balaban J connectivity index is 1.79. The number of para-hydroxylation sites is 1. The first-order valence-corrected chi connectivity index (χ1v) is 12.9. The van der Waals surface area contributed by atoms with E-state index in [1.165, 1.54) is 36.7 Å². The molecule has 2 N–H and O–H groups in total. The van der Waals surface area contributed by atoms with Gasteiger partial charge >= 0.3 is 5.97 Å². The molecule has 0 spiro atoms. The Kier molecular flexibility index (Phi) is 10.3. The number of aromatic nitrogens is 1. The number of hydrogen-bond donors (Lipinski definition) is 2. The van der Waals surface area contributed by atoms with E-state index in [-0.39, 0.29) is 26.9 Å². The van der Waals surface area contributed by atoms with Crippen molar-refractivity contribution in [2.45, 2.75) is 19.8 Å². The molecule has 1 amide bonds. The van der Waals surface area contributed by atoms with Crippen LogP contribution in [0.3, 0.4) is 0 Å². The molecule has 11 heteroatoms. The Labute approximate surface area is 228 Å². The fraction of sp³-hybridized carbons (Fsp3) is 0.269. The zero-order valence-corrected chi connectivity index (χ0v) is 22.8. The molecule has 0 unspecified atom stereocenters. The van der Waals surface area contributed by atoms with Crippen LogP contribution in [0.1, 0.15) is 34.8 Å². The Morgan fingerprint density at radius 2 is 1.89 bits per heavy atom. The van der Waals surface area contributed by atoms with E-state index in [4.69, 9.17) is 42.5 Å². The second-order valence-electron chi connectivity index (χ2n) is 7.72. The first-order valence-electron chi connectivity index (χ1n) is 11.3. The number of carboxylic acids is 1. The molecule has 0 saturated carbocycles. The lowest BCUT2D eigenvalue weighted by Crippen LogP contribution is -2.12. The molecule has 196 valence electrons. The molecule has 0 aliphatic rings. The van der Waals surface area contributed by atoms with Gasteiger partial charge in [0.1, 0.15) is 5.75 Å². The highest BCUT2D eigenvalue weighted by atomic mass is 35.5. The summed E-state index contributed by atoms with van der Waals surface area (Å²) in [7, 11) is 2.84. The van der Waals surface area contributed by atoms with Crippen LogP contribution in [0.2, 0.25) is 10.0 Å². The summed E-state index contributed by atoms with van der Waals surface area (Å²) in [5.41, 5.74) is 2.88. The number of aliphatic carboxylic acids is 1. The maximum Gasteiger partial charge on any atom is 0.371 e. The zero-order valence-electron chi connectivity index (χ0n) is 20.5. The molecular formula is C26H26Cl2N2O6S. The van der Waals surface area contributed by atoms with Gasteiger partial charge in [0, 0.05) is 28.7 Å². The molecule has 0 fully saturated rings. The summed E-state index contributed by atoms with van der Waals surface area (Å²) in [6.45, 7) is 3.37. The molecule has 0 aliphatic carbocycles. The molecule has 0 saturated heterocycles. The molecule has 8 nitrogen and oxygen atoms in total. The van der Waals surface area contributed by atoms with Crippen molar-refractivity contribution in [1.82, 2.24) is 4.98 Å². The van der Waals surface area contributed by atoms with Gasteiger partial charge in [0.05, 0.1) is 36.6 Å². The van der Waals surface area contributed by atoms with Gasteiger partial charge < -0.3 is 19.3 Å². The molecule has 0 bridgehead atoms. The first-order chi connectivity index (χ1) is 17.8. The predicted molar refractivity (Wildman–Crippen MR) is 146 cm³/mol. The van der Waals surface area contributed by atoms with Crippen molar-refractivity contribution < 1.29 is 28.9 Å². The van der Waals surface area contributed by atoms with Gasteiger partial charge in [-0.2, -0.15) is 0 Å². The highest BCUT2D eigenvalue weighted by Crippen LogP contribution is 2.35. The number of carbonyl (C=O) groups excluding carboxylic acids is 1. The minimum absolute atomic E-state index is 0.0951. The van der Waals surface area contributed by atoms with Crippen LogP contribution in [-0.2, 0) is 20.7 Å². The van der Waals surface area contributed by atoms with E-state index >= 15 is 0 Å². The van der Waals surface area contributed by atoms with E-state index in [9.17, 15) is 9.59 Å². The quantitative estimate of drug-likeness (QED) is 0.148. The summed E-state index contributed by atoms with van der Waals surface area (Å²) < 4.78 is 16.1. The lowest BCUT2D eigenvalue weighted by molar-refractivity contribution is -0.135. The van der Waals surface area contributed by atoms with Crippen LogP contribution in [0.4, 0.5) is 5.13 Å². The lowest BCUT2D eigenvalue weighted by atomic mass is 10.0. The average Bonchev–Trinajstić information content (AvgIpc) is 3.34. The molecule has 37 heavy (non-hydrogen) atoms. The molecule has 0 radical (unpaired) electrons. The molecule has 2 aromatic carbocycles. The molecular weight excluding hydrogens is 539 g/mol. The van der Waals surface area contributed by atoms with Gasteiger partial charge in [-0.15, -0.1) is 11.3 Å². The third-order valence-corrected chi connectivity index (χ3v) is 6.60. The lowest BCUT2D eigenvalue weighted by Gasteiger charge is -2.12. The van der Waals surface area contributed by atoms with E-state index in [1.54, 1.807) is 7.11 Å². The zero-order chi connectivity index (χ0) is 26.9. The number of anilines is 1. The maximum atomic E-state index is 12.9. The molecule has 3 aromatic rings. The van der Waals surface area contributed by atoms with Gasteiger partial charge in [-0.25, -0.2) is 9.78 Å². The van der Waals surface area contributed by atoms with Gasteiger partial charge in [-0.05, 0) is 42.7 Å². The molecule has 0 aliphatic heterocycles. The molecule has 3 rings (SSSR count). The normalized spacial score (nSPS) is 11.3. The van der Waals surface area contributed by atoms with Crippen molar-refractivity contribution in [3.05, 3.63) is 68.2 Å². The number of hydrogen-bond acceptors (Lipinski definition) is 7. The summed E-state index contributed by atoms with van der Waals surface area (Å²) in [4.78, 5) is 28.6. The SMILES string of the molecule is CCCOCCc1cccc(-c2csc(NC(=O)c3cc(Cl)c(/C=C(/OC)C(=O)O)c(Cl)c3)n2)c1OC. The van der Waals surface area contributed by atoms with Gasteiger partial charge in [0.25, 0.3) is 5.91 Å². The average molecular weight is 565 g/mol. The van der Waals surface area contributed by atoms with Crippen LogP contribution in [0, 0.1) is 0 Å². The smallest absolute Gasteiger partial charge is 0.371 e. The Morgan fingerprint density at radius 3 is 2.51 bits per heavy atom. The molecule has 1 heterocycles. The van der Waals surface area contributed by atoms with Crippen LogP contribution in [0.25, 0.3) is 17.3 Å². The summed E-state index contributed by atoms with van der Waals surface area (Å²) in [5, 5.41) is 14.3. The van der Waals surface area contributed by atoms with Gasteiger partial charge in [0.15, 0.2) is 5.13 Å². The number of methoxy groups -OCH3 is 2. The Morgan fingerprint density at radius 1 is 1.16 bits per heavy atom. The number of carboxylic acid groups (broad SMARTS) is 1. The first kappa shape index (κ1) is 28.5. The highest BCUT2D eigenvalue weighted by molar-refractivity contribution is 7.14. The third kappa shape index (κ3) is 7.23. The van der Waals surface area contributed by atoms with Crippen molar-refractivity contribution in [3.8, 4) is 17.0 Å². The minimum Gasteiger partial charge on any atom is -0.496 e. The number of halogens is 2. The van der Waals surface area contributed by atoms with Crippen molar-refractivity contribution in [2.24, 2.45) is 0 Å². The third-order valence-electron chi connectivity index (χ3n) is 5.21. The molecule has 0 atom stereocenters. The van der Waals surface area contributed by atoms with E-state index in [2.05, 4.69) is 17.2 Å². The maximum absolute atomic E-state index is 12.9. The Bertz CT molecular complexity index is 1280. The number of thiazole rings is 1. The highest BCUT2D eigenvalue weighted by Gasteiger charge is 2.18. The number of rotatable bonds is 12. The number of nitrogens with one attached hydrogen (secondary N) is 1. The van der Waals surface area contributed by atoms with E-state index in [0.29, 0.717) is 36.2 Å². The van der Waals surface area contributed by atoms with Gasteiger partial charge in [-0.3, -0.25) is 10.1 Å². The van der Waals surface area contributed by atoms with Crippen LogP contribution < -0.4 is 10.1 Å². The fourth-order valence-electron chi connectivity index (χ4n) is 3.47. The monoisotopic (exact) mass is 564 g/mol. The predicted octanol–water partition coefficient (Wildman–Crippen LogP) is 6.42. The van der Waals surface area contributed by atoms with Crippen molar-refractivity contribution >= 4 is 57.6 Å². The fourth-order valence-corrected chi connectivity index (χ4v) is 4.77. The van der Waals surface area contributed by atoms with Crippen molar-refractivity contribution in [2.75, 3.05) is 32.8 Å². The van der Waals surface area contributed by atoms with Crippen molar-refractivity contribution in [1.29, 1.82) is 0 Å². The van der Waals surface area contributed by atoms with E-state index < -0.39 is 11.9 Å². The van der Waals surface area contributed by atoms with Crippen molar-refractivity contribution in [3.63, 3.8) is 0 Å². The largest absolute Gasteiger partial charge is 0.496 e. The van der Waals surface area contributed by atoms with Crippen LogP contribution in [0.15, 0.2) is 41.5 Å². The summed E-state index contributed by atoms with van der Waals surface area (Å²) >= 11 is 13.8. The number of amides is 1. The second kappa shape index (κ2) is 13.4. The van der Waals surface area contributed by atoms with Crippen LogP contribution >= 0.6 is 34.5 Å². The van der Waals surface area contributed by atoms with Crippen LogP contribution in [0.5, 0.6) is 5.75 Å². The second-order valence-corrected chi connectivity index (χ2v) is 9.40.